The van der Waals surface area contributed by atoms with E-state index in [1.807, 2.05) is 6.92 Å². The summed E-state index contributed by atoms with van der Waals surface area (Å²) in [6.07, 6.45) is 0.548. The third kappa shape index (κ3) is 3.54. The normalized spacial score (nSPS) is 13.5. The first-order valence-corrected chi connectivity index (χ1v) is 6.02. The highest BCUT2D eigenvalue weighted by Crippen LogP contribution is 2.18. The molecule has 19 heavy (non-hydrogen) atoms. The highest BCUT2D eigenvalue weighted by atomic mass is 16.5. The monoisotopic (exact) mass is 265 g/mol. The molecule has 0 saturated carbocycles. The summed E-state index contributed by atoms with van der Waals surface area (Å²) in [4.78, 5) is 23.5. The molecule has 0 aliphatic rings. The van der Waals surface area contributed by atoms with Gasteiger partial charge in [-0.1, -0.05) is 13.0 Å². The highest BCUT2D eigenvalue weighted by Gasteiger charge is 2.30. The van der Waals surface area contributed by atoms with E-state index in [0.717, 1.165) is 0 Å². The van der Waals surface area contributed by atoms with Gasteiger partial charge in [0.2, 0.25) is 0 Å². The number of esters is 1. The topological polar surface area (TPSA) is 64.6 Å². The molecule has 5 heteroatoms. The number of rotatable bonds is 5. The molecule has 1 amide bonds. The lowest BCUT2D eigenvalue weighted by molar-refractivity contribution is -0.136. The Kier molecular flexibility index (Phi) is 5.06. The van der Waals surface area contributed by atoms with Crippen LogP contribution < -0.4 is 5.32 Å². The van der Waals surface area contributed by atoms with Gasteiger partial charge in [0.05, 0.1) is 12.7 Å². The maximum Gasteiger partial charge on any atom is 0.337 e. The number of nitrogens with one attached hydrogen (secondary N) is 1. The maximum absolute atomic E-state index is 12.1. The van der Waals surface area contributed by atoms with Crippen LogP contribution in [0.4, 0.5) is 5.69 Å². The molecule has 0 fully saturated rings. The van der Waals surface area contributed by atoms with Crippen LogP contribution in [-0.4, -0.2) is 31.7 Å². The van der Waals surface area contributed by atoms with E-state index in [1.165, 1.54) is 14.2 Å². The Morgan fingerprint density at radius 2 is 2.00 bits per heavy atom. The standard InChI is InChI=1S/C14H19NO4/c1-5-14(2,19-4)13(17)15-11-8-6-7-10(9-11)12(16)18-3/h6-9H,5H2,1-4H3,(H,15,17). The molecule has 5 nitrogen and oxygen atoms in total. The van der Waals surface area contributed by atoms with Crippen molar-refractivity contribution in [1.29, 1.82) is 0 Å². The van der Waals surface area contributed by atoms with Crippen molar-refractivity contribution in [3.63, 3.8) is 0 Å². The van der Waals surface area contributed by atoms with Crippen LogP contribution >= 0.6 is 0 Å². The Balaban J connectivity index is 2.88. The van der Waals surface area contributed by atoms with Gasteiger partial charge in [-0.15, -0.1) is 0 Å². The number of ether oxygens (including phenoxy) is 2. The summed E-state index contributed by atoms with van der Waals surface area (Å²) < 4.78 is 9.85. The van der Waals surface area contributed by atoms with E-state index in [-0.39, 0.29) is 5.91 Å². The maximum atomic E-state index is 12.1. The van der Waals surface area contributed by atoms with Crippen LogP contribution in [0, 0.1) is 0 Å². The number of carbonyl (C=O) groups excluding carboxylic acids is 2. The summed E-state index contributed by atoms with van der Waals surface area (Å²) in [5.41, 5.74) is 0.0295. The number of hydrogen-bond donors (Lipinski definition) is 1. The molecule has 1 N–H and O–H groups in total. The van der Waals surface area contributed by atoms with Crippen molar-refractivity contribution in [3.8, 4) is 0 Å². The third-order valence-corrected chi connectivity index (χ3v) is 3.15. The summed E-state index contributed by atoms with van der Waals surface area (Å²) in [7, 11) is 2.81. The molecule has 0 aliphatic heterocycles. The van der Waals surface area contributed by atoms with Gasteiger partial charge in [-0.2, -0.15) is 0 Å². The Hall–Kier alpha value is -1.88. The second kappa shape index (κ2) is 6.33. The van der Waals surface area contributed by atoms with Crippen molar-refractivity contribution in [1.82, 2.24) is 0 Å². The largest absolute Gasteiger partial charge is 0.465 e. The Morgan fingerprint density at radius 3 is 2.53 bits per heavy atom. The smallest absolute Gasteiger partial charge is 0.337 e. The van der Waals surface area contributed by atoms with Gasteiger partial charge in [-0.25, -0.2) is 4.79 Å². The molecule has 0 bridgehead atoms. The van der Waals surface area contributed by atoms with Gasteiger partial charge in [-0.3, -0.25) is 4.79 Å². The number of methoxy groups -OCH3 is 2. The minimum Gasteiger partial charge on any atom is -0.465 e. The van der Waals surface area contributed by atoms with Gasteiger partial charge in [0, 0.05) is 12.8 Å². The molecule has 0 spiro atoms. The van der Waals surface area contributed by atoms with Crippen molar-refractivity contribution < 1.29 is 19.1 Å². The molecular weight excluding hydrogens is 246 g/mol. The summed E-state index contributed by atoms with van der Waals surface area (Å²) in [5, 5.41) is 2.73. The van der Waals surface area contributed by atoms with Crippen LogP contribution in [0.2, 0.25) is 0 Å². The Bertz CT molecular complexity index is 466. The lowest BCUT2D eigenvalue weighted by Crippen LogP contribution is -2.41. The van der Waals surface area contributed by atoms with E-state index in [4.69, 9.17) is 4.74 Å². The predicted octanol–water partition coefficient (Wildman–Crippen LogP) is 2.23. The van der Waals surface area contributed by atoms with Gasteiger partial charge in [0.15, 0.2) is 0 Å². The van der Waals surface area contributed by atoms with Crippen LogP contribution in [0.15, 0.2) is 24.3 Å². The molecule has 1 rings (SSSR count). The van der Waals surface area contributed by atoms with E-state index in [2.05, 4.69) is 10.1 Å². The number of amides is 1. The molecule has 0 aliphatic carbocycles. The fourth-order valence-corrected chi connectivity index (χ4v) is 1.50. The van der Waals surface area contributed by atoms with Gasteiger partial charge in [-0.05, 0) is 31.5 Å². The molecule has 1 atom stereocenters. The lowest BCUT2D eigenvalue weighted by atomic mass is 10.0. The number of hydrogen-bond acceptors (Lipinski definition) is 4. The van der Waals surface area contributed by atoms with Crippen LogP contribution in [0.25, 0.3) is 0 Å². The molecular formula is C14H19NO4. The first-order valence-electron chi connectivity index (χ1n) is 6.02. The number of benzene rings is 1. The van der Waals surface area contributed by atoms with Crippen LogP contribution in [0.1, 0.15) is 30.6 Å². The molecule has 1 aromatic carbocycles. The number of anilines is 1. The third-order valence-electron chi connectivity index (χ3n) is 3.15. The zero-order valence-corrected chi connectivity index (χ0v) is 11.6. The summed E-state index contributed by atoms with van der Waals surface area (Å²) in [6.45, 7) is 3.58. The van der Waals surface area contributed by atoms with Crippen LogP contribution in [0.5, 0.6) is 0 Å². The minimum absolute atomic E-state index is 0.250. The first-order chi connectivity index (χ1) is 8.96. The van der Waals surface area contributed by atoms with Gasteiger partial charge < -0.3 is 14.8 Å². The number of carbonyl (C=O) groups is 2. The fraction of sp³-hybridized carbons (Fsp3) is 0.429. The van der Waals surface area contributed by atoms with E-state index in [0.29, 0.717) is 17.7 Å². The minimum atomic E-state index is -0.888. The van der Waals surface area contributed by atoms with E-state index in [1.54, 1.807) is 31.2 Å². The zero-order chi connectivity index (χ0) is 14.5. The summed E-state index contributed by atoms with van der Waals surface area (Å²) in [5.74, 6) is -0.694. The first kappa shape index (κ1) is 15.2. The molecule has 0 saturated heterocycles. The van der Waals surface area contributed by atoms with Crippen molar-refractivity contribution in [2.75, 3.05) is 19.5 Å². The summed E-state index contributed by atoms with van der Waals surface area (Å²) >= 11 is 0. The van der Waals surface area contributed by atoms with Gasteiger partial charge >= 0.3 is 5.97 Å². The van der Waals surface area contributed by atoms with Crippen molar-refractivity contribution in [2.45, 2.75) is 25.9 Å². The van der Waals surface area contributed by atoms with Crippen LogP contribution in [-0.2, 0) is 14.3 Å². The van der Waals surface area contributed by atoms with Gasteiger partial charge in [0.1, 0.15) is 5.60 Å². The second-order valence-corrected chi connectivity index (χ2v) is 4.32. The molecule has 104 valence electrons. The average molecular weight is 265 g/mol. The Morgan fingerprint density at radius 1 is 1.32 bits per heavy atom. The van der Waals surface area contributed by atoms with Gasteiger partial charge in [0.25, 0.3) is 5.91 Å². The molecule has 0 aromatic heterocycles. The molecule has 1 unspecified atom stereocenters. The van der Waals surface area contributed by atoms with Crippen molar-refractivity contribution >= 4 is 17.6 Å². The fourth-order valence-electron chi connectivity index (χ4n) is 1.50. The molecule has 1 aromatic rings. The van der Waals surface area contributed by atoms with E-state index in [9.17, 15) is 9.59 Å². The highest BCUT2D eigenvalue weighted by molar-refractivity contribution is 5.98. The predicted molar refractivity (Wildman–Crippen MR) is 72.1 cm³/mol. The van der Waals surface area contributed by atoms with Crippen molar-refractivity contribution in [3.05, 3.63) is 29.8 Å². The molecule has 0 heterocycles. The van der Waals surface area contributed by atoms with Crippen molar-refractivity contribution in [2.24, 2.45) is 0 Å². The van der Waals surface area contributed by atoms with Crippen LogP contribution in [0.3, 0.4) is 0 Å². The zero-order valence-electron chi connectivity index (χ0n) is 11.6. The second-order valence-electron chi connectivity index (χ2n) is 4.32. The van der Waals surface area contributed by atoms with E-state index >= 15 is 0 Å². The quantitative estimate of drug-likeness (QED) is 0.829. The Labute approximate surface area is 112 Å². The lowest BCUT2D eigenvalue weighted by Gasteiger charge is -2.25. The summed E-state index contributed by atoms with van der Waals surface area (Å²) in [6, 6.07) is 6.57. The average Bonchev–Trinajstić information content (AvgIpc) is 2.45. The molecule has 0 radical (unpaired) electrons. The SMILES string of the molecule is CCC(C)(OC)C(=O)Nc1cccc(C(=O)OC)c1. The van der Waals surface area contributed by atoms with E-state index < -0.39 is 11.6 Å².